The molecule has 1 aliphatic rings. The van der Waals surface area contributed by atoms with Gasteiger partial charge in [-0.25, -0.2) is 0 Å². The number of carbonyl (C=O) groups excluding carboxylic acids is 1. The molecule has 0 atom stereocenters. The van der Waals surface area contributed by atoms with Crippen molar-refractivity contribution in [3.8, 4) is 0 Å². The predicted octanol–water partition coefficient (Wildman–Crippen LogP) is 1.86. The maximum Gasteiger partial charge on any atom is 0.251 e. The minimum atomic E-state index is -0.110. The summed E-state index contributed by atoms with van der Waals surface area (Å²) < 4.78 is 5.57. The molecule has 5 nitrogen and oxygen atoms in total. The number of benzene rings is 1. The number of nitrogen functional groups attached to an aromatic ring is 1. The van der Waals surface area contributed by atoms with E-state index in [2.05, 4.69) is 10.6 Å². The van der Waals surface area contributed by atoms with Crippen LogP contribution < -0.4 is 16.4 Å². The van der Waals surface area contributed by atoms with E-state index in [1.807, 2.05) is 0 Å². The lowest BCUT2D eigenvalue weighted by Crippen LogP contribution is -2.18. The average molecular weight is 277 g/mol. The molecule has 0 spiro atoms. The van der Waals surface area contributed by atoms with E-state index in [4.69, 9.17) is 10.5 Å². The highest BCUT2D eigenvalue weighted by Crippen LogP contribution is 2.28. The summed E-state index contributed by atoms with van der Waals surface area (Å²) in [4.78, 5) is 11.6. The lowest BCUT2D eigenvalue weighted by Gasteiger charge is -2.11. The van der Waals surface area contributed by atoms with Gasteiger partial charge >= 0.3 is 0 Å². The molecule has 0 saturated heterocycles. The van der Waals surface area contributed by atoms with Gasteiger partial charge in [0, 0.05) is 32.4 Å². The minimum Gasteiger partial charge on any atom is -0.397 e. The van der Waals surface area contributed by atoms with Crippen molar-refractivity contribution in [2.24, 2.45) is 5.92 Å². The third-order valence-electron chi connectivity index (χ3n) is 3.37. The normalized spacial score (nSPS) is 14.1. The molecule has 0 heterocycles. The van der Waals surface area contributed by atoms with Gasteiger partial charge in [0.15, 0.2) is 0 Å². The number of carbonyl (C=O) groups is 1. The van der Waals surface area contributed by atoms with Crippen LogP contribution in [0.25, 0.3) is 0 Å². The molecule has 0 aromatic heterocycles. The molecule has 0 radical (unpaired) electrons. The highest BCUT2D eigenvalue weighted by molar-refractivity contribution is 5.96. The van der Waals surface area contributed by atoms with Crippen LogP contribution in [0.5, 0.6) is 0 Å². The van der Waals surface area contributed by atoms with Gasteiger partial charge in [-0.15, -0.1) is 0 Å². The molecule has 1 saturated carbocycles. The molecule has 1 aliphatic carbocycles. The number of amides is 1. The van der Waals surface area contributed by atoms with Gasteiger partial charge in [0.2, 0.25) is 0 Å². The summed E-state index contributed by atoms with van der Waals surface area (Å²) in [5, 5.41) is 5.85. The summed E-state index contributed by atoms with van der Waals surface area (Å²) in [6, 6.07) is 5.24. The smallest absolute Gasteiger partial charge is 0.251 e. The summed E-state index contributed by atoms with van der Waals surface area (Å²) in [5.74, 6) is 0.698. The van der Waals surface area contributed by atoms with Crippen LogP contribution in [0.1, 0.15) is 29.6 Å². The van der Waals surface area contributed by atoms with Crippen molar-refractivity contribution < 1.29 is 9.53 Å². The van der Waals surface area contributed by atoms with Gasteiger partial charge in [-0.3, -0.25) is 4.79 Å². The molecule has 5 heteroatoms. The second kappa shape index (κ2) is 7.14. The summed E-state index contributed by atoms with van der Waals surface area (Å²) in [6.45, 7) is 2.44. The van der Waals surface area contributed by atoms with Crippen molar-refractivity contribution >= 4 is 17.3 Å². The van der Waals surface area contributed by atoms with Crippen LogP contribution in [0.2, 0.25) is 0 Å². The molecule has 1 aromatic rings. The van der Waals surface area contributed by atoms with E-state index in [0.29, 0.717) is 11.3 Å². The number of nitrogens with one attached hydrogen (secondary N) is 2. The first kappa shape index (κ1) is 14.7. The quantitative estimate of drug-likeness (QED) is 0.501. The summed E-state index contributed by atoms with van der Waals surface area (Å²) >= 11 is 0. The van der Waals surface area contributed by atoms with Crippen molar-refractivity contribution in [1.82, 2.24) is 5.32 Å². The summed E-state index contributed by atoms with van der Waals surface area (Å²) in [7, 11) is 1.61. The Morgan fingerprint density at radius 1 is 1.45 bits per heavy atom. The van der Waals surface area contributed by atoms with Crippen LogP contribution in [0, 0.1) is 5.92 Å². The molecule has 4 N–H and O–H groups in total. The molecular weight excluding hydrogens is 254 g/mol. The lowest BCUT2D eigenvalue weighted by molar-refractivity contribution is 0.0963. The van der Waals surface area contributed by atoms with Crippen LogP contribution >= 0.6 is 0 Å². The van der Waals surface area contributed by atoms with Gasteiger partial charge in [0.1, 0.15) is 0 Å². The van der Waals surface area contributed by atoms with Crippen molar-refractivity contribution in [3.05, 3.63) is 23.8 Å². The van der Waals surface area contributed by atoms with Gasteiger partial charge < -0.3 is 21.1 Å². The van der Waals surface area contributed by atoms with Gasteiger partial charge in [0.25, 0.3) is 5.91 Å². The van der Waals surface area contributed by atoms with Gasteiger partial charge in [-0.1, -0.05) is 0 Å². The van der Waals surface area contributed by atoms with E-state index in [-0.39, 0.29) is 5.91 Å². The zero-order valence-electron chi connectivity index (χ0n) is 11.9. The highest BCUT2D eigenvalue weighted by Gasteiger charge is 2.20. The number of rotatable bonds is 8. The largest absolute Gasteiger partial charge is 0.397 e. The van der Waals surface area contributed by atoms with Crippen LogP contribution in [0.3, 0.4) is 0 Å². The Hall–Kier alpha value is -1.75. The fourth-order valence-electron chi connectivity index (χ4n) is 1.93. The van der Waals surface area contributed by atoms with E-state index in [0.717, 1.165) is 37.8 Å². The first-order valence-corrected chi connectivity index (χ1v) is 7.14. The van der Waals surface area contributed by atoms with Crippen molar-refractivity contribution in [2.45, 2.75) is 19.3 Å². The Balaban J connectivity index is 1.74. The van der Waals surface area contributed by atoms with Crippen molar-refractivity contribution in [1.29, 1.82) is 0 Å². The Bertz CT molecular complexity index is 458. The molecule has 0 bridgehead atoms. The fraction of sp³-hybridized carbons (Fsp3) is 0.533. The molecule has 1 fully saturated rings. The Morgan fingerprint density at radius 3 is 2.95 bits per heavy atom. The Labute approximate surface area is 119 Å². The molecule has 1 amide bonds. The van der Waals surface area contributed by atoms with Crippen molar-refractivity contribution in [3.63, 3.8) is 0 Å². The van der Waals surface area contributed by atoms with E-state index in [9.17, 15) is 4.79 Å². The zero-order valence-corrected chi connectivity index (χ0v) is 11.9. The van der Waals surface area contributed by atoms with Crippen LogP contribution in [0.15, 0.2) is 18.2 Å². The monoisotopic (exact) mass is 277 g/mol. The first-order chi connectivity index (χ1) is 9.70. The topological polar surface area (TPSA) is 76.4 Å². The minimum absolute atomic E-state index is 0.110. The maximum atomic E-state index is 11.6. The second-order valence-electron chi connectivity index (χ2n) is 5.18. The van der Waals surface area contributed by atoms with Crippen LogP contribution in [0.4, 0.5) is 11.4 Å². The highest BCUT2D eigenvalue weighted by atomic mass is 16.5. The number of hydrogen-bond donors (Lipinski definition) is 3. The summed E-state index contributed by atoms with van der Waals surface area (Å²) in [6.07, 6.45) is 3.57. The third kappa shape index (κ3) is 4.42. The van der Waals surface area contributed by atoms with Crippen LogP contribution in [-0.2, 0) is 4.74 Å². The van der Waals surface area contributed by atoms with Crippen molar-refractivity contribution in [2.75, 3.05) is 37.9 Å². The molecule has 0 unspecified atom stereocenters. The molecule has 0 aliphatic heterocycles. The number of anilines is 2. The molecule has 110 valence electrons. The predicted molar refractivity (Wildman–Crippen MR) is 80.9 cm³/mol. The maximum absolute atomic E-state index is 11.6. The van der Waals surface area contributed by atoms with E-state index in [1.165, 1.54) is 12.8 Å². The standard InChI is InChI=1S/C15H23N3O2/c1-17-15(19)12-5-6-13(16)14(9-12)18-7-2-8-20-10-11-3-4-11/h5-6,9,11,18H,2-4,7-8,10,16H2,1H3,(H,17,19). The molecular formula is C15H23N3O2. The number of ether oxygens (including phenoxy) is 1. The average Bonchev–Trinajstić information content (AvgIpc) is 3.27. The third-order valence-corrected chi connectivity index (χ3v) is 3.37. The molecule has 20 heavy (non-hydrogen) atoms. The Morgan fingerprint density at radius 2 is 2.25 bits per heavy atom. The lowest BCUT2D eigenvalue weighted by atomic mass is 10.1. The number of hydrogen-bond acceptors (Lipinski definition) is 4. The Kier molecular flexibility index (Phi) is 5.24. The fourth-order valence-corrected chi connectivity index (χ4v) is 1.93. The SMILES string of the molecule is CNC(=O)c1ccc(N)c(NCCCOCC2CC2)c1. The van der Waals surface area contributed by atoms with Gasteiger partial charge in [0.05, 0.1) is 11.4 Å². The zero-order chi connectivity index (χ0) is 14.4. The number of nitrogens with two attached hydrogens (primary N) is 1. The first-order valence-electron chi connectivity index (χ1n) is 7.14. The second-order valence-corrected chi connectivity index (χ2v) is 5.18. The molecule has 1 aromatic carbocycles. The van der Waals surface area contributed by atoms with Gasteiger partial charge in [-0.2, -0.15) is 0 Å². The van der Waals surface area contributed by atoms with Crippen LogP contribution in [-0.4, -0.2) is 32.7 Å². The molecule has 2 rings (SSSR count). The van der Waals surface area contributed by atoms with E-state index >= 15 is 0 Å². The van der Waals surface area contributed by atoms with Gasteiger partial charge in [-0.05, 0) is 43.4 Å². The summed E-state index contributed by atoms with van der Waals surface area (Å²) in [5.41, 5.74) is 7.95. The van der Waals surface area contributed by atoms with E-state index < -0.39 is 0 Å². The van der Waals surface area contributed by atoms with E-state index in [1.54, 1.807) is 25.2 Å².